The fraction of sp³-hybridized carbons (Fsp3) is 0.829. The van der Waals surface area contributed by atoms with Crippen LogP contribution in [0.5, 0.6) is 0 Å². The van der Waals surface area contributed by atoms with E-state index >= 15 is 0 Å². The van der Waals surface area contributed by atoms with Crippen molar-refractivity contribution in [1.82, 2.24) is 0 Å². The first-order chi connectivity index (χ1) is 19.4. The van der Waals surface area contributed by atoms with Crippen LogP contribution in [0.15, 0.2) is 11.6 Å². The molecule has 0 heterocycles. The summed E-state index contributed by atoms with van der Waals surface area (Å²) in [5.74, 6) is -0.645. The van der Waals surface area contributed by atoms with Gasteiger partial charge in [0.1, 0.15) is 23.9 Å². The summed E-state index contributed by atoms with van der Waals surface area (Å²) in [5.41, 5.74) is -0.813. The van der Waals surface area contributed by atoms with E-state index in [1.165, 1.54) is 26.5 Å². The molecule has 0 aliphatic heterocycles. The number of esters is 3. The summed E-state index contributed by atoms with van der Waals surface area (Å²) in [6.07, 6.45) is 9.65. The third-order valence-electron chi connectivity index (χ3n) is 13.7. The molecule has 0 aromatic carbocycles. The fourth-order valence-corrected chi connectivity index (χ4v) is 11.5. The highest BCUT2D eigenvalue weighted by atomic mass is 16.6. The van der Waals surface area contributed by atoms with Crippen molar-refractivity contribution in [2.45, 2.75) is 125 Å². The molecule has 5 aliphatic carbocycles. The van der Waals surface area contributed by atoms with Gasteiger partial charge in [-0.3, -0.25) is 14.4 Å². The lowest BCUT2D eigenvalue weighted by Crippen LogP contribution is -2.68. The Bertz CT molecular complexity index is 1200. The third-order valence-corrected chi connectivity index (χ3v) is 13.7. The Labute approximate surface area is 251 Å². The number of methoxy groups -OCH3 is 1. The van der Waals surface area contributed by atoms with E-state index in [0.717, 1.165) is 44.8 Å². The highest BCUT2D eigenvalue weighted by Gasteiger charge is 2.72. The van der Waals surface area contributed by atoms with Crippen molar-refractivity contribution in [3.63, 3.8) is 0 Å². The molecular weight excluding hydrogens is 532 g/mol. The molecule has 7 heteroatoms. The van der Waals surface area contributed by atoms with Gasteiger partial charge in [0.05, 0.1) is 12.5 Å². The third kappa shape index (κ3) is 4.10. The van der Waals surface area contributed by atoms with Crippen LogP contribution in [0.25, 0.3) is 0 Å². The minimum Gasteiger partial charge on any atom is -0.468 e. The van der Waals surface area contributed by atoms with Crippen LogP contribution in [0, 0.1) is 50.2 Å². The van der Waals surface area contributed by atoms with E-state index in [-0.39, 0.29) is 57.3 Å². The molecule has 4 fully saturated rings. The molecule has 0 bridgehead atoms. The number of fused-ring (bicyclic) bond motifs is 7. The molecule has 0 aromatic heterocycles. The van der Waals surface area contributed by atoms with Crippen LogP contribution in [-0.2, 0) is 33.4 Å². The lowest BCUT2D eigenvalue weighted by atomic mass is 9.33. The Morgan fingerprint density at radius 3 is 2.07 bits per heavy atom. The second-order valence-electron chi connectivity index (χ2n) is 16.2. The summed E-state index contributed by atoms with van der Waals surface area (Å²) >= 11 is 0. The van der Waals surface area contributed by atoms with Gasteiger partial charge in [0.15, 0.2) is 0 Å². The number of carbonyl (C=O) groups is 4. The van der Waals surface area contributed by atoms with Gasteiger partial charge in [0.2, 0.25) is 0 Å². The minimum atomic E-state index is -0.885. The Morgan fingerprint density at radius 2 is 1.48 bits per heavy atom. The highest BCUT2D eigenvalue weighted by molar-refractivity contribution is 5.80. The van der Waals surface area contributed by atoms with Gasteiger partial charge >= 0.3 is 17.9 Å². The zero-order valence-electron chi connectivity index (χ0n) is 27.3. The minimum absolute atomic E-state index is 0.0459. The Morgan fingerprint density at radius 1 is 0.833 bits per heavy atom. The smallest absolute Gasteiger partial charge is 0.316 e. The number of rotatable bonds is 4. The van der Waals surface area contributed by atoms with Gasteiger partial charge in [0.25, 0.3) is 0 Å². The van der Waals surface area contributed by atoms with Crippen LogP contribution in [0.3, 0.4) is 0 Å². The molecule has 234 valence electrons. The van der Waals surface area contributed by atoms with Crippen molar-refractivity contribution in [2.24, 2.45) is 50.2 Å². The molecule has 0 unspecified atom stereocenters. The normalized spacial score (nSPS) is 47.3. The fourth-order valence-electron chi connectivity index (χ4n) is 11.5. The van der Waals surface area contributed by atoms with Gasteiger partial charge in [-0.15, -0.1) is 0 Å². The van der Waals surface area contributed by atoms with Crippen molar-refractivity contribution in [1.29, 1.82) is 0 Å². The molecule has 10 atom stereocenters. The van der Waals surface area contributed by atoms with E-state index < -0.39 is 23.0 Å². The zero-order chi connectivity index (χ0) is 31.1. The lowest BCUT2D eigenvalue weighted by Gasteiger charge is -2.71. The van der Waals surface area contributed by atoms with E-state index in [9.17, 15) is 19.2 Å². The summed E-state index contributed by atoms with van der Waals surface area (Å²) < 4.78 is 17.4. The summed E-state index contributed by atoms with van der Waals surface area (Å²) in [7, 11) is 1.46. The topological polar surface area (TPSA) is 96.0 Å². The predicted octanol–water partition coefficient (Wildman–Crippen LogP) is 6.61. The quantitative estimate of drug-likeness (QED) is 0.159. The summed E-state index contributed by atoms with van der Waals surface area (Å²) in [4.78, 5) is 51.2. The molecule has 5 aliphatic rings. The molecular formula is C35H52O7. The second-order valence-corrected chi connectivity index (χ2v) is 16.2. The maximum absolute atomic E-state index is 13.8. The number of aldehydes is 1. The van der Waals surface area contributed by atoms with Crippen molar-refractivity contribution < 1.29 is 33.4 Å². The van der Waals surface area contributed by atoms with Gasteiger partial charge in [0, 0.05) is 19.8 Å². The van der Waals surface area contributed by atoms with E-state index in [4.69, 9.17) is 14.2 Å². The number of allylic oxidation sites excluding steroid dienone is 2. The molecule has 0 N–H and O–H groups in total. The average Bonchev–Trinajstić information content (AvgIpc) is 2.89. The molecule has 0 aromatic rings. The molecule has 0 radical (unpaired) electrons. The maximum Gasteiger partial charge on any atom is 0.316 e. The predicted molar refractivity (Wildman–Crippen MR) is 158 cm³/mol. The first-order valence-electron chi connectivity index (χ1n) is 16.0. The van der Waals surface area contributed by atoms with E-state index in [0.29, 0.717) is 19.3 Å². The maximum atomic E-state index is 13.8. The van der Waals surface area contributed by atoms with Crippen molar-refractivity contribution >= 4 is 24.2 Å². The molecule has 4 saturated carbocycles. The molecule has 0 amide bonds. The Hall–Kier alpha value is -2.18. The lowest BCUT2D eigenvalue weighted by molar-refractivity contribution is -0.225. The first kappa shape index (κ1) is 31.3. The van der Waals surface area contributed by atoms with Gasteiger partial charge in [-0.05, 0) is 98.2 Å². The first-order valence-corrected chi connectivity index (χ1v) is 16.0. The summed E-state index contributed by atoms with van der Waals surface area (Å²) in [6, 6.07) is 0. The van der Waals surface area contributed by atoms with Gasteiger partial charge < -0.3 is 19.0 Å². The number of hydrogen-bond acceptors (Lipinski definition) is 7. The van der Waals surface area contributed by atoms with E-state index in [1.807, 2.05) is 6.92 Å². The molecule has 0 spiro atoms. The van der Waals surface area contributed by atoms with Crippen LogP contribution in [0.2, 0.25) is 0 Å². The van der Waals surface area contributed by atoms with Crippen molar-refractivity contribution in [3.8, 4) is 0 Å². The highest BCUT2D eigenvalue weighted by Crippen LogP contribution is 2.76. The summed E-state index contributed by atoms with van der Waals surface area (Å²) in [5, 5.41) is 0. The zero-order valence-corrected chi connectivity index (χ0v) is 27.3. The molecule has 7 nitrogen and oxygen atoms in total. The summed E-state index contributed by atoms with van der Waals surface area (Å²) in [6.45, 7) is 16.6. The standard InChI is InChI=1S/C35H52O7/c1-21(37)41-27-13-14-31(5)25(32(27,6)20-36)12-15-33(7)26(31)11-10-23-24-18-30(3,4)16-17-35(24,29(39)40-9)28(42-22(2)38)19-34(23,33)8/h10,20,24-28H,11-19H2,1-9H3/t24-,25+,26+,27-,28+,31-,32-,33+,34+,35+/m0/s1. The number of hydrogen-bond donors (Lipinski definition) is 0. The van der Waals surface area contributed by atoms with Crippen LogP contribution >= 0.6 is 0 Å². The van der Waals surface area contributed by atoms with Crippen LogP contribution in [-0.4, -0.2) is 43.5 Å². The molecule has 42 heavy (non-hydrogen) atoms. The molecule has 0 saturated heterocycles. The van der Waals surface area contributed by atoms with Crippen molar-refractivity contribution in [2.75, 3.05) is 7.11 Å². The Kier molecular flexibility index (Phi) is 7.38. The Balaban J connectivity index is 1.64. The number of carbonyl (C=O) groups excluding carboxylic acids is 4. The van der Waals surface area contributed by atoms with Crippen LogP contribution in [0.4, 0.5) is 0 Å². The van der Waals surface area contributed by atoms with Gasteiger partial charge in [-0.2, -0.15) is 0 Å². The van der Waals surface area contributed by atoms with Gasteiger partial charge in [-0.25, -0.2) is 0 Å². The van der Waals surface area contributed by atoms with Crippen molar-refractivity contribution in [3.05, 3.63) is 11.6 Å². The van der Waals surface area contributed by atoms with Crippen LogP contribution < -0.4 is 0 Å². The van der Waals surface area contributed by atoms with E-state index in [2.05, 4.69) is 40.7 Å². The molecule has 5 rings (SSSR count). The largest absolute Gasteiger partial charge is 0.468 e. The van der Waals surface area contributed by atoms with Crippen LogP contribution in [0.1, 0.15) is 113 Å². The average molecular weight is 585 g/mol. The van der Waals surface area contributed by atoms with Gasteiger partial charge in [-0.1, -0.05) is 46.3 Å². The second kappa shape index (κ2) is 9.92. The van der Waals surface area contributed by atoms with E-state index in [1.54, 1.807) is 0 Å². The number of ether oxygens (including phenoxy) is 3. The monoisotopic (exact) mass is 584 g/mol. The SMILES string of the molecule is COC(=O)[C@]12CCC(C)(C)C[C@H]1C1=CC[C@@H]3[C@@]4(C)CC[C@H](OC(C)=O)[C@@](C)(C=O)[C@@H]4CC[C@@]3(C)[C@]1(C)C[C@H]2OC(C)=O.